The lowest BCUT2D eigenvalue weighted by molar-refractivity contribution is 0.0964. The molecule has 0 atom stereocenters. The van der Waals surface area contributed by atoms with E-state index >= 15 is 0 Å². The van der Waals surface area contributed by atoms with Gasteiger partial charge in [0.2, 0.25) is 0 Å². The first kappa shape index (κ1) is 15.7. The normalized spacial score (nSPS) is 12.2. The molecule has 0 radical (unpaired) electrons. The van der Waals surface area contributed by atoms with Crippen molar-refractivity contribution in [2.45, 2.75) is 27.2 Å². The maximum atomic E-state index is 12.1. The van der Waals surface area contributed by atoms with Crippen molar-refractivity contribution in [1.82, 2.24) is 5.32 Å². The van der Waals surface area contributed by atoms with Crippen LogP contribution in [0.1, 0.15) is 47.9 Å². The van der Waals surface area contributed by atoms with E-state index in [9.17, 15) is 9.59 Å². The SMILES string of the molecule is C/C=C\C(NC(=O)c1ccc(C(C)=O)cc1)=C(\N)CC. The van der Waals surface area contributed by atoms with Gasteiger partial charge in [0.1, 0.15) is 0 Å². The molecule has 1 rings (SSSR count). The molecule has 0 aliphatic heterocycles. The predicted octanol–water partition coefficient (Wildman–Crippen LogP) is 2.78. The van der Waals surface area contributed by atoms with Crippen LogP contribution in [0.15, 0.2) is 47.8 Å². The molecule has 0 heterocycles. The van der Waals surface area contributed by atoms with Gasteiger partial charge in [0, 0.05) is 16.8 Å². The standard InChI is InChI=1S/C16H20N2O2/c1-4-6-15(14(17)5-2)18-16(20)13-9-7-12(8-10-13)11(3)19/h4,6-10H,5,17H2,1-3H3,(H,18,20)/b6-4-,15-14-. The van der Waals surface area contributed by atoms with Crippen LogP contribution in [0.25, 0.3) is 0 Å². The number of Topliss-reactive ketones (excluding diaryl/α,β-unsaturated/α-hetero) is 1. The van der Waals surface area contributed by atoms with Gasteiger partial charge in [-0.25, -0.2) is 0 Å². The minimum Gasteiger partial charge on any atom is -0.400 e. The number of hydrogen-bond donors (Lipinski definition) is 2. The molecule has 1 aromatic rings. The summed E-state index contributed by atoms with van der Waals surface area (Å²) in [6.07, 6.45) is 4.24. The van der Waals surface area contributed by atoms with E-state index in [1.807, 2.05) is 19.9 Å². The lowest BCUT2D eigenvalue weighted by Gasteiger charge is -2.09. The Morgan fingerprint density at radius 3 is 2.20 bits per heavy atom. The summed E-state index contributed by atoms with van der Waals surface area (Å²) < 4.78 is 0. The second-order valence-electron chi connectivity index (χ2n) is 4.38. The molecule has 0 spiro atoms. The topological polar surface area (TPSA) is 72.2 Å². The van der Waals surface area contributed by atoms with Crippen LogP contribution in [0.5, 0.6) is 0 Å². The summed E-state index contributed by atoms with van der Waals surface area (Å²) in [5.41, 5.74) is 8.16. The number of rotatable bonds is 5. The molecule has 4 nitrogen and oxygen atoms in total. The first-order chi connectivity index (χ1) is 9.49. The molecule has 0 unspecified atom stereocenters. The minimum absolute atomic E-state index is 0.0262. The zero-order valence-electron chi connectivity index (χ0n) is 12.1. The van der Waals surface area contributed by atoms with Gasteiger partial charge in [-0.15, -0.1) is 0 Å². The summed E-state index contributed by atoms with van der Waals surface area (Å²) in [5.74, 6) is -0.272. The summed E-state index contributed by atoms with van der Waals surface area (Å²) in [4.78, 5) is 23.3. The predicted molar refractivity (Wildman–Crippen MR) is 80.2 cm³/mol. The van der Waals surface area contributed by atoms with Crippen LogP contribution in [0.2, 0.25) is 0 Å². The van der Waals surface area contributed by atoms with Crippen LogP contribution >= 0.6 is 0 Å². The highest BCUT2D eigenvalue weighted by Crippen LogP contribution is 2.08. The number of allylic oxidation sites excluding steroid dienone is 3. The molecule has 0 aliphatic carbocycles. The number of benzene rings is 1. The third-order valence-corrected chi connectivity index (χ3v) is 2.86. The number of ketones is 1. The highest BCUT2D eigenvalue weighted by molar-refractivity contribution is 5.98. The number of nitrogens with two attached hydrogens (primary N) is 1. The molecule has 20 heavy (non-hydrogen) atoms. The van der Waals surface area contributed by atoms with Crippen LogP contribution in [-0.4, -0.2) is 11.7 Å². The lowest BCUT2D eigenvalue weighted by atomic mass is 10.1. The van der Waals surface area contributed by atoms with Crippen molar-refractivity contribution in [2.75, 3.05) is 0 Å². The van der Waals surface area contributed by atoms with Crippen LogP contribution in [0, 0.1) is 0 Å². The van der Waals surface area contributed by atoms with Gasteiger partial charge in [0.25, 0.3) is 5.91 Å². The molecule has 4 heteroatoms. The summed E-state index contributed by atoms with van der Waals surface area (Å²) in [6.45, 7) is 5.27. The Kier molecular flexibility index (Phi) is 5.72. The van der Waals surface area contributed by atoms with Crippen LogP contribution < -0.4 is 11.1 Å². The molecule has 1 aromatic carbocycles. The highest BCUT2D eigenvalue weighted by atomic mass is 16.1. The van der Waals surface area contributed by atoms with Crippen molar-refractivity contribution in [3.63, 3.8) is 0 Å². The maximum Gasteiger partial charge on any atom is 0.255 e. The second-order valence-corrected chi connectivity index (χ2v) is 4.38. The number of carbonyl (C=O) groups excluding carboxylic acids is 2. The van der Waals surface area contributed by atoms with Crippen molar-refractivity contribution in [3.8, 4) is 0 Å². The van der Waals surface area contributed by atoms with Crippen molar-refractivity contribution in [1.29, 1.82) is 0 Å². The highest BCUT2D eigenvalue weighted by Gasteiger charge is 2.09. The average molecular weight is 272 g/mol. The molecule has 0 saturated heterocycles. The molecule has 106 valence electrons. The van der Waals surface area contributed by atoms with Gasteiger partial charge in [-0.1, -0.05) is 25.1 Å². The average Bonchev–Trinajstić information content (AvgIpc) is 2.45. The van der Waals surface area contributed by atoms with Gasteiger partial charge < -0.3 is 11.1 Å². The Morgan fingerprint density at radius 2 is 1.75 bits per heavy atom. The third-order valence-electron chi connectivity index (χ3n) is 2.86. The molecule has 0 fully saturated rings. The molecular weight excluding hydrogens is 252 g/mol. The lowest BCUT2D eigenvalue weighted by Crippen LogP contribution is -2.24. The van der Waals surface area contributed by atoms with Crippen molar-refractivity contribution < 1.29 is 9.59 Å². The van der Waals surface area contributed by atoms with E-state index in [0.717, 1.165) is 0 Å². The van der Waals surface area contributed by atoms with E-state index in [0.29, 0.717) is 28.9 Å². The monoisotopic (exact) mass is 272 g/mol. The fraction of sp³-hybridized carbons (Fsp3) is 0.250. The largest absolute Gasteiger partial charge is 0.400 e. The van der Waals surface area contributed by atoms with Gasteiger partial charge in [-0.2, -0.15) is 0 Å². The van der Waals surface area contributed by atoms with Gasteiger partial charge in [-0.3, -0.25) is 9.59 Å². The van der Waals surface area contributed by atoms with E-state index in [1.165, 1.54) is 6.92 Å². The molecule has 0 bridgehead atoms. The summed E-state index contributed by atoms with van der Waals surface area (Å²) in [5, 5.41) is 2.78. The molecule has 0 aromatic heterocycles. The third kappa shape index (κ3) is 4.09. The quantitative estimate of drug-likeness (QED) is 0.639. The van der Waals surface area contributed by atoms with E-state index in [4.69, 9.17) is 5.73 Å². The minimum atomic E-state index is -0.246. The Balaban J connectivity index is 2.92. The number of amides is 1. The molecule has 0 saturated carbocycles. The van der Waals surface area contributed by atoms with Crippen molar-refractivity contribution >= 4 is 11.7 Å². The molecule has 3 N–H and O–H groups in total. The molecular formula is C16H20N2O2. The van der Waals surface area contributed by atoms with Crippen molar-refractivity contribution in [3.05, 3.63) is 58.9 Å². The fourth-order valence-electron chi connectivity index (χ4n) is 1.64. The summed E-state index contributed by atoms with van der Waals surface area (Å²) in [7, 11) is 0. The molecule has 0 aliphatic rings. The van der Waals surface area contributed by atoms with E-state index in [1.54, 1.807) is 30.3 Å². The number of hydrogen-bond acceptors (Lipinski definition) is 3. The Bertz CT molecular complexity index is 554. The van der Waals surface area contributed by atoms with Gasteiger partial charge in [-0.05, 0) is 38.5 Å². The van der Waals surface area contributed by atoms with Crippen LogP contribution in [0.3, 0.4) is 0 Å². The zero-order valence-corrected chi connectivity index (χ0v) is 12.1. The van der Waals surface area contributed by atoms with Gasteiger partial charge in [0.15, 0.2) is 5.78 Å². The Morgan fingerprint density at radius 1 is 1.20 bits per heavy atom. The first-order valence-corrected chi connectivity index (χ1v) is 6.53. The number of carbonyl (C=O) groups is 2. The van der Waals surface area contributed by atoms with Gasteiger partial charge in [0.05, 0.1) is 5.70 Å². The zero-order chi connectivity index (χ0) is 15.1. The Hall–Kier alpha value is -2.36. The second kappa shape index (κ2) is 7.28. The van der Waals surface area contributed by atoms with E-state index < -0.39 is 0 Å². The number of nitrogens with one attached hydrogen (secondary N) is 1. The van der Waals surface area contributed by atoms with Gasteiger partial charge >= 0.3 is 0 Å². The Labute approximate surface area is 119 Å². The van der Waals surface area contributed by atoms with Crippen LogP contribution in [0.4, 0.5) is 0 Å². The van der Waals surface area contributed by atoms with E-state index in [2.05, 4.69) is 5.32 Å². The maximum absolute atomic E-state index is 12.1. The van der Waals surface area contributed by atoms with E-state index in [-0.39, 0.29) is 11.7 Å². The first-order valence-electron chi connectivity index (χ1n) is 6.53. The fourth-order valence-corrected chi connectivity index (χ4v) is 1.64. The molecule has 1 amide bonds. The van der Waals surface area contributed by atoms with Crippen LogP contribution in [-0.2, 0) is 0 Å². The smallest absolute Gasteiger partial charge is 0.255 e. The van der Waals surface area contributed by atoms with Crippen molar-refractivity contribution in [2.24, 2.45) is 5.73 Å². The summed E-state index contributed by atoms with van der Waals surface area (Å²) in [6, 6.07) is 6.53. The summed E-state index contributed by atoms with van der Waals surface area (Å²) >= 11 is 0.